The molecule has 7 heteroatoms. The summed E-state index contributed by atoms with van der Waals surface area (Å²) in [5.41, 5.74) is 3.84. The van der Waals surface area contributed by atoms with E-state index in [0.29, 0.717) is 48.7 Å². The molecule has 0 saturated carbocycles. The molecule has 0 aliphatic carbocycles. The second-order valence-electron chi connectivity index (χ2n) is 11.4. The highest BCUT2D eigenvalue weighted by atomic mass is 16.6. The predicted molar refractivity (Wildman–Crippen MR) is 177 cm³/mol. The average molecular weight is 621 g/mol. The van der Waals surface area contributed by atoms with E-state index in [1.165, 1.54) is 0 Å². The summed E-state index contributed by atoms with van der Waals surface area (Å²) in [6, 6.07) is 37.7. The van der Waals surface area contributed by atoms with Gasteiger partial charge in [0, 0.05) is 17.4 Å². The molecule has 238 valence electrons. The van der Waals surface area contributed by atoms with Gasteiger partial charge in [0.15, 0.2) is 0 Å². The number of rotatable bonds is 13. The number of fused-ring (bicyclic) bond motifs is 1. The maximum atomic E-state index is 11.7. The van der Waals surface area contributed by atoms with E-state index in [2.05, 4.69) is 0 Å². The summed E-state index contributed by atoms with van der Waals surface area (Å²) in [5.74, 6) is 1.29. The number of hydrogen-bond donors (Lipinski definition) is 1. The van der Waals surface area contributed by atoms with E-state index in [-0.39, 0.29) is 18.5 Å². The highest BCUT2D eigenvalue weighted by molar-refractivity contribution is 5.98. The van der Waals surface area contributed by atoms with Crippen LogP contribution in [-0.2, 0) is 38.8 Å². The maximum Gasteiger partial charge on any atom is 0.133 e. The molecular formula is C39H40O7. The Labute approximate surface area is 270 Å². The van der Waals surface area contributed by atoms with Crippen molar-refractivity contribution in [2.45, 2.75) is 50.7 Å². The molecule has 7 nitrogen and oxygen atoms in total. The molecule has 1 N–H and O–H groups in total. The average Bonchev–Trinajstić information content (AvgIpc) is 3.11. The highest BCUT2D eigenvalue weighted by Gasteiger charge is 2.42. The van der Waals surface area contributed by atoms with E-state index in [4.69, 9.17) is 28.4 Å². The monoisotopic (exact) mass is 620 g/mol. The zero-order valence-corrected chi connectivity index (χ0v) is 26.2. The van der Waals surface area contributed by atoms with Crippen LogP contribution in [0.25, 0.3) is 10.8 Å². The first-order chi connectivity index (χ1) is 22.6. The number of ether oxygens (including phenoxy) is 6. The summed E-state index contributed by atoms with van der Waals surface area (Å²) in [5, 5.41) is 13.1. The van der Waals surface area contributed by atoms with E-state index in [1.807, 2.05) is 109 Å². The van der Waals surface area contributed by atoms with Crippen LogP contribution in [-0.4, -0.2) is 44.2 Å². The summed E-state index contributed by atoms with van der Waals surface area (Å²) in [6.45, 7) is 1.53. The van der Waals surface area contributed by atoms with Gasteiger partial charge in [0.05, 0.1) is 58.2 Å². The van der Waals surface area contributed by atoms with Gasteiger partial charge in [-0.25, -0.2) is 0 Å². The number of hydrogen-bond acceptors (Lipinski definition) is 7. The SMILES string of the molecule is COc1ccc(OC)c2c(O)c([C@H]3C[C@@H](OCc4ccccc4)[C@H](OCc4ccccc4)[C@@H](COCc4ccccc4)O3)ccc12. The molecule has 0 spiro atoms. The molecule has 5 aromatic carbocycles. The highest BCUT2D eigenvalue weighted by Crippen LogP contribution is 2.46. The maximum absolute atomic E-state index is 11.7. The number of benzene rings is 5. The third-order valence-corrected chi connectivity index (χ3v) is 8.40. The minimum Gasteiger partial charge on any atom is -0.507 e. The molecule has 0 bridgehead atoms. The van der Waals surface area contributed by atoms with Gasteiger partial charge < -0.3 is 33.5 Å². The zero-order valence-electron chi connectivity index (χ0n) is 26.2. The zero-order chi connectivity index (χ0) is 31.7. The predicted octanol–water partition coefficient (Wildman–Crippen LogP) is 7.78. The molecule has 0 aromatic heterocycles. The second-order valence-corrected chi connectivity index (χ2v) is 11.4. The molecule has 0 amide bonds. The summed E-state index contributed by atoms with van der Waals surface area (Å²) < 4.78 is 37.5. The van der Waals surface area contributed by atoms with E-state index in [9.17, 15) is 5.11 Å². The fraction of sp³-hybridized carbons (Fsp3) is 0.282. The number of phenolic OH excluding ortho intramolecular Hbond substituents is 1. The Bertz CT molecular complexity index is 1680. The van der Waals surface area contributed by atoms with Gasteiger partial charge in [0.25, 0.3) is 0 Å². The fourth-order valence-corrected chi connectivity index (χ4v) is 6.05. The van der Waals surface area contributed by atoms with Crippen molar-refractivity contribution in [3.05, 3.63) is 138 Å². The lowest BCUT2D eigenvalue weighted by Crippen LogP contribution is -2.50. The van der Waals surface area contributed by atoms with Gasteiger partial charge in [-0.2, -0.15) is 0 Å². The van der Waals surface area contributed by atoms with Crippen molar-refractivity contribution in [3.63, 3.8) is 0 Å². The molecule has 1 aliphatic rings. The Morgan fingerprint density at radius 3 is 1.83 bits per heavy atom. The molecular weight excluding hydrogens is 580 g/mol. The van der Waals surface area contributed by atoms with E-state index < -0.39 is 18.3 Å². The minimum absolute atomic E-state index is 0.0904. The Hall–Kier alpha value is -4.40. The van der Waals surface area contributed by atoms with Crippen molar-refractivity contribution in [2.75, 3.05) is 20.8 Å². The number of methoxy groups -OCH3 is 2. The third-order valence-electron chi connectivity index (χ3n) is 8.40. The quantitative estimate of drug-likeness (QED) is 0.144. The van der Waals surface area contributed by atoms with Crippen LogP contribution < -0.4 is 9.47 Å². The van der Waals surface area contributed by atoms with Crippen molar-refractivity contribution in [1.29, 1.82) is 0 Å². The Balaban J connectivity index is 1.33. The van der Waals surface area contributed by atoms with Crippen molar-refractivity contribution in [3.8, 4) is 17.2 Å². The van der Waals surface area contributed by atoms with Crippen LogP contribution in [0.3, 0.4) is 0 Å². The molecule has 0 unspecified atom stereocenters. The van der Waals surface area contributed by atoms with Gasteiger partial charge in [-0.05, 0) is 34.9 Å². The summed E-state index contributed by atoms with van der Waals surface area (Å²) in [6.07, 6.45) is -1.28. The lowest BCUT2D eigenvalue weighted by molar-refractivity contribution is -0.222. The van der Waals surface area contributed by atoms with Gasteiger partial charge in [0.1, 0.15) is 29.5 Å². The van der Waals surface area contributed by atoms with Crippen molar-refractivity contribution in [1.82, 2.24) is 0 Å². The molecule has 1 aliphatic heterocycles. The van der Waals surface area contributed by atoms with E-state index in [1.54, 1.807) is 20.3 Å². The Morgan fingerprint density at radius 1 is 0.652 bits per heavy atom. The summed E-state index contributed by atoms with van der Waals surface area (Å²) in [7, 11) is 3.20. The lowest BCUT2D eigenvalue weighted by atomic mass is 9.91. The lowest BCUT2D eigenvalue weighted by Gasteiger charge is -2.42. The normalized spacial score (nSPS) is 19.6. The largest absolute Gasteiger partial charge is 0.507 e. The molecule has 6 rings (SSSR count). The van der Waals surface area contributed by atoms with Gasteiger partial charge in [-0.15, -0.1) is 0 Å². The topological polar surface area (TPSA) is 75.6 Å². The van der Waals surface area contributed by atoms with E-state index >= 15 is 0 Å². The molecule has 1 heterocycles. The van der Waals surface area contributed by atoms with Crippen LogP contribution in [0, 0.1) is 0 Å². The minimum atomic E-state index is -0.497. The second kappa shape index (κ2) is 15.3. The molecule has 4 atom stereocenters. The van der Waals surface area contributed by atoms with Crippen LogP contribution in [0.1, 0.15) is 34.8 Å². The first kappa shape index (κ1) is 31.6. The third kappa shape index (κ3) is 7.35. The van der Waals surface area contributed by atoms with Crippen LogP contribution in [0.4, 0.5) is 0 Å². The summed E-state index contributed by atoms with van der Waals surface area (Å²) >= 11 is 0. The molecule has 46 heavy (non-hydrogen) atoms. The Morgan fingerprint density at radius 2 is 1.22 bits per heavy atom. The van der Waals surface area contributed by atoms with Crippen molar-refractivity contribution < 1.29 is 33.5 Å². The summed E-state index contributed by atoms with van der Waals surface area (Å²) in [4.78, 5) is 0. The van der Waals surface area contributed by atoms with Crippen LogP contribution >= 0.6 is 0 Å². The smallest absolute Gasteiger partial charge is 0.133 e. The molecule has 1 fully saturated rings. The van der Waals surface area contributed by atoms with Gasteiger partial charge in [0.2, 0.25) is 0 Å². The van der Waals surface area contributed by atoms with Gasteiger partial charge in [-0.3, -0.25) is 0 Å². The Kier molecular flexibility index (Phi) is 10.5. The van der Waals surface area contributed by atoms with Gasteiger partial charge >= 0.3 is 0 Å². The fourth-order valence-electron chi connectivity index (χ4n) is 6.05. The first-order valence-corrected chi connectivity index (χ1v) is 15.6. The molecule has 5 aromatic rings. The first-order valence-electron chi connectivity index (χ1n) is 15.6. The number of phenols is 1. The molecule has 1 saturated heterocycles. The van der Waals surface area contributed by atoms with Gasteiger partial charge in [-0.1, -0.05) is 97.1 Å². The molecule has 0 radical (unpaired) electrons. The van der Waals surface area contributed by atoms with Crippen molar-refractivity contribution in [2.24, 2.45) is 0 Å². The van der Waals surface area contributed by atoms with Crippen molar-refractivity contribution >= 4 is 10.8 Å². The number of aromatic hydroxyl groups is 1. The van der Waals surface area contributed by atoms with Crippen LogP contribution in [0.2, 0.25) is 0 Å². The van der Waals surface area contributed by atoms with Crippen LogP contribution in [0.5, 0.6) is 17.2 Å². The van der Waals surface area contributed by atoms with E-state index in [0.717, 1.165) is 22.1 Å². The standard InChI is InChI=1S/C39H40O7/c1-41-32-20-21-33(42-2)37-30(32)18-19-31(38(37)40)34-22-35(44-24-28-14-8-4-9-15-28)39(45-25-29-16-10-5-11-17-29)36(46-34)26-43-23-27-12-6-3-7-13-27/h3-21,34-36,39-40H,22-26H2,1-2H3/t34-,35-,36-,39+/m1/s1. The van der Waals surface area contributed by atoms with Crippen LogP contribution in [0.15, 0.2) is 115 Å².